The van der Waals surface area contributed by atoms with Gasteiger partial charge in [-0.1, -0.05) is 93.4 Å². The summed E-state index contributed by atoms with van der Waals surface area (Å²) in [4.78, 5) is 26.9. The van der Waals surface area contributed by atoms with E-state index >= 15 is 0 Å². The Labute approximate surface area is 303 Å². The number of nitrogens with zero attached hydrogens (tertiary/aromatic N) is 1. The normalized spacial score (nSPS) is 14.0. The molecule has 0 aliphatic heterocycles. The Morgan fingerprint density at radius 2 is 1.76 bits per heavy atom. The molecule has 6 nitrogen and oxygen atoms in total. The Bertz CT molecular complexity index is 1590. The van der Waals surface area contributed by atoms with Crippen molar-refractivity contribution < 1.29 is 18.4 Å². The van der Waals surface area contributed by atoms with Crippen LogP contribution in [0.5, 0.6) is 0 Å². The SMILES string of the molecule is C/C(N)=C(/C(C)=N/C(C)F)c1cc(F)cc(C2(C)CC2)c1.C=CNCC#C/C(=C/C)S/C=C\C.CC.CC(=O)NCc1ccccc1C(C)=O. The number of ketones is 1. The summed E-state index contributed by atoms with van der Waals surface area (Å²) in [6.07, 6.45) is 6.45. The summed E-state index contributed by atoms with van der Waals surface area (Å²) in [6.45, 7) is 22.4. The van der Waals surface area contributed by atoms with Crippen LogP contribution in [0.4, 0.5) is 8.78 Å². The molecular weight excluding hydrogens is 651 g/mol. The highest BCUT2D eigenvalue weighted by Crippen LogP contribution is 2.48. The van der Waals surface area contributed by atoms with Crippen LogP contribution in [0.15, 0.2) is 88.4 Å². The van der Waals surface area contributed by atoms with E-state index in [1.54, 1.807) is 43.9 Å². The van der Waals surface area contributed by atoms with E-state index in [1.165, 1.54) is 26.8 Å². The molecule has 0 bridgehead atoms. The largest absolute Gasteiger partial charge is 0.402 e. The number of amides is 1. The quantitative estimate of drug-likeness (QED) is 0.0711. The highest BCUT2D eigenvalue weighted by Gasteiger charge is 2.39. The van der Waals surface area contributed by atoms with Crippen molar-refractivity contribution in [3.63, 3.8) is 0 Å². The number of nitrogens with two attached hydrogens (primary N) is 1. The number of aliphatic imine (C=N–C) groups is 1. The number of thioether (sulfide) groups is 1. The fraction of sp³-hybridized carbons (Fsp3) is 0.390. The van der Waals surface area contributed by atoms with E-state index in [-0.39, 0.29) is 22.9 Å². The maximum atomic E-state index is 14.0. The van der Waals surface area contributed by atoms with Crippen molar-refractivity contribution >= 4 is 34.7 Å². The van der Waals surface area contributed by atoms with Gasteiger partial charge in [-0.2, -0.15) is 0 Å². The average molecular weight is 707 g/mol. The highest BCUT2D eigenvalue weighted by molar-refractivity contribution is 8.06. The van der Waals surface area contributed by atoms with Crippen molar-refractivity contribution in [2.24, 2.45) is 10.7 Å². The molecular formula is C41H56F2N4O2S. The fourth-order valence-electron chi connectivity index (χ4n) is 4.42. The molecule has 50 heavy (non-hydrogen) atoms. The monoisotopic (exact) mass is 706 g/mol. The molecule has 9 heteroatoms. The zero-order chi connectivity index (χ0) is 38.3. The van der Waals surface area contributed by atoms with Crippen LogP contribution in [0.1, 0.15) is 109 Å². The molecule has 1 aliphatic carbocycles. The molecule has 1 aliphatic rings. The van der Waals surface area contributed by atoms with Crippen molar-refractivity contribution in [3.8, 4) is 11.8 Å². The van der Waals surface area contributed by atoms with E-state index in [0.717, 1.165) is 28.9 Å². The van der Waals surface area contributed by atoms with E-state index in [4.69, 9.17) is 5.73 Å². The molecule has 0 spiro atoms. The second-order valence-electron chi connectivity index (χ2n) is 11.4. The van der Waals surface area contributed by atoms with Crippen LogP contribution in [0.3, 0.4) is 0 Å². The first kappa shape index (κ1) is 45.6. The van der Waals surface area contributed by atoms with E-state index < -0.39 is 6.30 Å². The van der Waals surface area contributed by atoms with Crippen LogP contribution < -0.4 is 16.4 Å². The molecule has 1 fully saturated rings. The summed E-state index contributed by atoms with van der Waals surface area (Å²) < 4.78 is 27.1. The van der Waals surface area contributed by atoms with Crippen LogP contribution in [0.25, 0.3) is 5.57 Å². The molecule has 4 N–H and O–H groups in total. The third-order valence-corrected chi connectivity index (χ3v) is 8.08. The summed E-state index contributed by atoms with van der Waals surface area (Å²) in [5, 5.41) is 7.60. The number of benzene rings is 2. The van der Waals surface area contributed by atoms with E-state index in [1.807, 2.05) is 69.5 Å². The number of hydrogen-bond acceptors (Lipinski definition) is 6. The summed E-state index contributed by atoms with van der Waals surface area (Å²) in [7, 11) is 0. The number of hydrogen-bond donors (Lipinski definition) is 3. The molecule has 1 saturated carbocycles. The molecule has 1 atom stereocenters. The van der Waals surface area contributed by atoms with Gasteiger partial charge in [0.05, 0.1) is 11.4 Å². The van der Waals surface area contributed by atoms with Crippen molar-refractivity contribution in [2.75, 3.05) is 6.54 Å². The Kier molecular flexibility index (Phi) is 22.5. The number of halogens is 2. The molecule has 1 unspecified atom stereocenters. The van der Waals surface area contributed by atoms with Gasteiger partial charge in [-0.25, -0.2) is 8.78 Å². The number of nitrogens with one attached hydrogen (secondary N) is 2. The average Bonchev–Trinajstić information content (AvgIpc) is 3.82. The minimum Gasteiger partial charge on any atom is -0.402 e. The Balaban J connectivity index is 0.000000731. The summed E-state index contributed by atoms with van der Waals surface area (Å²) in [5.41, 5.74) is 10.8. The van der Waals surface area contributed by atoms with Crippen molar-refractivity contribution in [1.82, 2.24) is 10.6 Å². The minimum absolute atomic E-state index is 0.0194. The lowest BCUT2D eigenvalue weighted by atomic mass is 9.92. The van der Waals surface area contributed by atoms with Crippen LogP contribution in [0, 0.1) is 17.7 Å². The van der Waals surface area contributed by atoms with E-state index in [9.17, 15) is 18.4 Å². The lowest BCUT2D eigenvalue weighted by Gasteiger charge is -2.15. The first-order valence-corrected chi connectivity index (χ1v) is 17.6. The van der Waals surface area contributed by atoms with Crippen molar-refractivity contribution in [1.29, 1.82) is 0 Å². The number of rotatable bonds is 11. The van der Waals surface area contributed by atoms with Crippen LogP contribution >= 0.6 is 11.8 Å². The van der Waals surface area contributed by atoms with Gasteiger partial charge in [-0.05, 0) is 100 Å². The molecule has 1 amide bonds. The second kappa shape index (κ2) is 24.7. The Morgan fingerprint density at radius 3 is 2.26 bits per heavy atom. The lowest BCUT2D eigenvalue weighted by molar-refractivity contribution is -0.119. The van der Waals surface area contributed by atoms with Gasteiger partial charge in [0, 0.05) is 36.0 Å². The van der Waals surface area contributed by atoms with Gasteiger partial charge in [0.15, 0.2) is 12.1 Å². The van der Waals surface area contributed by atoms with E-state index in [0.29, 0.717) is 41.2 Å². The van der Waals surface area contributed by atoms with Gasteiger partial charge in [0.2, 0.25) is 5.91 Å². The van der Waals surface area contributed by atoms with Gasteiger partial charge >= 0.3 is 0 Å². The van der Waals surface area contributed by atoms with E-state index in [2.05, 4.69) is 41.0 Å². The predicted molar refractivity (Wildman–Crippen MR) is 211 cm³/mol. The standard InChI is InChI=1S/C17H22F2N2.C11H13NO2.C11H15NS.C2H6/c1-10(20)16(11(2)21-12(3)18)13-7-14(9-15(19)8-13)17(4)5-6-17;1-8(13)11-6-4-3-5-10(11)7-12-9(2)14;1-4-10-13-11(5-2)8-7-9-12-6-3;1-2/h7-9,12H,5-6,20H2,1-4H3;3-6H,7H2,1-2H3,(H,12,14);4-6,10,12H,3,9H2,1-2H3;1-2H3/b16-10+,21-11+;;10-4-,11-5-;. The Morgan fingerprint density at radius 1 is 1.12 bits per heavy atom. The summed E-state index contributed by atoms with van der Waals surface area (Å²) >= 11 is 1.63. The van der Waals surface area contributed by atoms with Gasteiger partial charge in [0.25, 0.3) is 0 Å². The smallest absolute Gasteiger partial charge is 0.217 e. The summed E-state index contributed by atoms with van der Waals surface area (Å²) in [6, 6.07) is 12.2. The number of Topliss-reactive ketones (excluding diaryl/α,β-unsaturated/α-hetero) is 1. The van der Waals surface area contributed by atoms with Gasteiger partial charge < -0.3 is 16.4 Å². The van der Waals surface area contributed by atoms with Crippen LogP contribution in [-0.4, -0.2) is 30.2 Å². The third-order valence-electron chi connectivity index (χ3n) is 7.08. The topological polar surface area (TPSA) is 96.6 Å². The van der Waals surface area contributed by atoms with Crippen LogP contribution in [0.2, 0.25) is 0 Å². The molecule has 0 radical (unpaired) electrons. The molecule has 2 aromatic rings. The lowest BCUT2D eigenvalue weighted by Crippen LogP contribution is -2.20. The molecule has 2 aromatic carbocycles. The second-order valence-corrected chi connectivity index (χ2v) is 12.3. The fourth-order valence-corrected chi connectivity index (χ4v) is 4.96. The molecule has 0 saturated heterocycles. The maximum Gasteiger partial charge on any atom is 0.217 e. The van der Waals surface area contributed by atoms with Gasteiger partial charge in [-0.15, -0.1) is 0 Å². The Hall–Kier alpha value is -4.42. The van der Waals surface area contributed by atoms with Crippen LogP contribution in [-0.2, 0) is 16.8 Å². The highest BCUT2D eigenvalue weighted by atomic mass is 32.2. The zero-order valence-electron chi connectivity index (χ0n) is 31.5. The molecule has 3 rings (SSSR count). The molecule has 0 heterocycles. The zero-order valence-corrected chi connectivity index (χ0v) is 32.3. The first-order chi connectivity index (χ1) is 23.7. The number of allylic oxidation sites excluding steroid dienone is 5. The third kappa shape index (κ3) is 17.8. The summed E-state index contributed by atoms with van der Waals surface area (Å²) in [5.74, 6) is 5.67. The molecule has 0 aromatic heterocycles. The predicted octanol–water partition coefficient (Wildman–Crippen LogP) is 9.79. The minimum atomic E-state index is -1.31. The number of alkyl halides is 1. The van der Waals surface area contributed by atoms with Gasteiger partial charge in [-0.3, -0.25) is 14.6 Å². The maximum absolute atomic E-state index is 14.0. The number of carbonyl (C=O) groups excluding carboxylic acids is 2. The molecule has 272 valence electrons. The first-order valence-electron chi connectivity index (χ1n) is 16.8. The van der Waals surface area contributed by atoms with Crippen molar-refractivity contribution in [3.05, 3.63) is 111 Å². The number of carbonyl (C=O) groups is 2. The van der Waals surface area contributed by atoms with Crippen molar-refractivity contribution in [2.45, 2.75) is 100 Å². The van der Waals surface area contributed by atoms with Gasteiger partial charge in [0.1, 0.15) is 5.82 Å².